The number of rotatable bonds is 0. The predicted octanol–water partition coefficient (Wildman–Crippen LogP) is 0.660. The summed E-state index contributed by atoms with van der Waals surface area (Å²) in [5, 5.41) is 0. The number of hydrogen-bond acceptors (Lipinski definition) is 0. The topological polar surface area (TPSA) is 0 Å². The van der Waals surface area contributed by atoms with Gasteiger partial charge < -0.3 is 5.71 Å². The van der Waals surface area contributed by atoms with Crippen LogP contribution in [0.1, 0.15) is 5.71 Å². The first-order valence-electron chi connectivity index (χ1n) is 0.478. The maximum atomic E-state index is 4.51. The van der Waals surface area contributed by atoms with E-state index in [1.54, 1.807) is 0 Å². The summed E-state index contributed by atoms with van der Waals surface area (Å²) >= 11 is 2.67. The summed E-state index contributed by atoms with van der Waals surface area (Å²) in [5.41, 5.74) is 0. The van der Waals surface area contributed by atoms with Crippen molar-refractivity contribution in [2.45, 2.75) is 0 Å². The quantitative estimate of drug-likeness (QED) is 0.358. The van der Waals surface area contributed by atoms with Crippen LogP contribution in [0.2, 0.25) is 0 Å². The zero-order valence-electron chi connectivity index (χ0n) is 6.87. The van der Waals surface area contributed by atoms with Crippen LogP contribution < -0.4 is 0 Å². The Bertz CT molecular complexity index is 38.0. The number of halogens is 1. The summed E-state index contributed by atoms with van der Waals surface area (Å²) in [4.78, 5) is 2.06. The van der Waals surface area contributed by atoms with E-state index in [4.69, 9.17) is 0 Å². The molecular weight excluding hydrogens is 153 g/mol. The van der Waals surface area contributed by atoms with Crippen molar-refractivity contribution in [2.24, 2.45) is 0 Å². The van der Waals surface area contributed by atoms with Gasteiger partial charge in [0.15, 0.2) is 0 Å². The monoisotopic (exact) mass is 156 g/mol. The summed E-state index contributed by atoms with van der Waals surface area (Å²) in [7, 11) is 0. The molecule has 24 valence electrons. The normalized spacial score (nSPS) is 1.60. The standard InChI is InChI=1S/C2HBr.2Mg.4H/c1-2-3;;;;;;/h1H;;;;;;/q;2*+2;4*-1. The molecule has 0 fully saturated rings. The van der Waals surface area contributed by atoms with Gasteiger partial charge in [0.25, 0.3) is 0 Å². The first-order chi connectivity index (χ1) is 1.41. The van der Waals surface area contributed by atoms with Gasteiger partial charge in [-0.3, -0.25) is 0 Å². The van der Waals surface area contributed by atoms with Crippen LogP contribution in [0.5, 0.6) is 0 Å². The molecule has 0 aliphatic heterocycles. The predicted molar refractivity (Wildman–Crippen MR) is 33.7 cm³/mol. The van der Waals surface area contributed by atoms with Crippen LogP contribution in [-0.4, -0.2) is 46.1 Å². The van der Waals surface area contributed by atoms with Gasteiger partial charge in [0, 0.05) is 15.9 Å². The Morgan fingerprint density at radius 2 is 1.60 bits per heavy atom. The van der Waals surface area contributed by atoms with E-state index in [0.717, 1.165) is 0 Å². The minimum Gasteiger partial charge on any atom is -1.00 e. The van der Waals surface area contributed by atoms with Crippen molar-refractivity contribution < 1.29 is 5.71 Å². The molecule has 0 aromatic carbocycles. The smallest absolute Gasteiger partial charge is 1.00 e. The molecule has 0 radical (unpaired) electrons. The van der Waals surface area contributed by atoms with Crippen LogP contribution in [0.15, 0.2) is 0 Å². The van der Waals surface area contributed by atoms with Crippen LogP contribution in [-0.2, 0) is 0 Å². The fraction of sp³-hybridized carbons (Fsp3) is 0. The van der Waals surface area contributed by atoms with Gasteiger partial charge in [-0.2, -0.15) is 0 Å². The zero-order valence-corrected chi connectivity index (χ0v) is 7.28. The van der Waals surface area contributed by atoms with E-state index in [1.165, 1.54) is 0 Å². The molecule has 0 aliphatic rings. The molecule has 3 heteroatoms. The van der Waals surface area contributed by atoms with Gasteiger partial charge in [0.05, 0.1) is 0 Å². The van der Waals surface area contributed by atoms with E-state index in [9.17, 15) is 0 Å². The molecule has 0 unspecified atom stereocenters. The van der Waals surface area contributed by atoms with Gasteiger partial charge in [-0.25, -0.2) is 0 Å². The van der Waals surface area contributed by atoms with Gasteiger partial charge in [0.2, 0.25) is 0 Å². The van der Waals surface area contributed by atoms with E-state index in [-0.39, 0.29) is 51.8 Å². The van der Waals surface area contributed by atoms with E-state index < -0.39 is 0 Å². The van der Waals surface area contributed by atoms with Crippen LogP contribution in [0, 0.1) is 11.3 Å². The van der Waals surface area contributed by atoms with Gasteiger partial charge in [0.1, 0.15) is 0 Å². The van der Waals surface area contributed by atoms with Gasteiger partial charge >= 0.3 is 46.1 Å². The molecule has 0 nitrogen and oxygen atoms in total. The Morgan fingerprint density at radius 3 is 1.60 bits per heavy atom. The Kier molecular flexibility index (Phi) is 56.3. The van der Waals surface area contributed by atoms with Crippen LogP contribution in [0.25, 0.3) is 0 Å². The summed E-state index contributed by atoms with van der Waals surface area (Å²) in [6.07, 6.45) is 4.51. The maximum Gasteiger partial charge on any atom is 2.00 e. The van der Waals surface area contributed by atoms with E-state index in [1.807, 2.05) is 0 Å². The fourth-order valence-corrected chi connectivity index (χ4v) is 0. The summed E-state index contributed by atoms with van der Waals surface area (Å²) in [5.74, 6) is 0. The van der Waals surface area contributed by atoms with Crippen molar-refractivity contribution in [3.63, 3.8) is 0 Å². The molecule has 0 atom stereocenters. The molecular formula is C2H5BrMg2. The molecule has 0 rings (SSSR count). The maximum absolute atomic E-state index is 4.51. The molecule has 0 heterocycles. The molecule has 0 N–H and O–H groups in total. The molecule has 0 spiro atoms. The Hall–Kier alpha value is 1.57. The number of hydrogen-bond donors (Lipinski definition) is 0. The first-order valence-corrected chi connectivity index (χ1v) is 1.27. The minimum absolute atomic E-state index is 0. The largest absolute Gasteiger partial charge is 2.00 e. The van der Waals surface area contributed by atoms with Crippen molar-refractivity contribution in [3.8, 4) is 11.3 Å². The SMILES string of the molecule is C#CBr.[H-].[H-].[H-].[H-].[Mg+2].[Mg+2]. The average Bonchev–Trinajstić information content (AvgIpc) is 0.918. The Labute approximate surface area is 78.4 Å². The first kappa shape index (κ1) is 16.0. The van der Waals surface area contributed by atoms with Crippen molar-refractivity contribution in [2.75, 3.05) is 0 Å². The minimum atomic E-state index is 0. The second-order valence-electron chi connectivity index (χ2n) is 0.109. The van der Waals surface area contributed by atoms with Crippen LogP contribution in [0.3, 0.4) is 0 Å². The van der Waals surface area contributed by atoms with Crippen LogP contribution >= 0.6 is 15.9 Å². The summed E-state index contributed by atoms with van der Waals surface area (Å²) in [6.45, 7) is 0. The Morgan fingerprint density at radius 1 is 1.60 bits per heavy atom. The third kappa shape index (κ3) is 28.8. The third-order valence-electron chi connectivity index (χ3n) is 0. The molecule has 0 saturated carbocycles. The average molecular weight is 158 g/mol. The van der Waals surface area contributed by atoms with Gasteiger partial charge in [-0.15, -0.1) is 6.42 Å². The molecule has 0 saturated heterocycles. The summed E-state index contributed by atoms with van der Waals surface area (Å²) < 4.78 is 0. The number of terminal acetylenes is 1. The Balaban J connectivity index is -0.00000000133. The van der Waals surface area contributed by atoms with Crippen molar-refractivity contribution in [3.05, 3.63) is 0 Å². The fourth-order valence-electron chi connectivity index (χ4n) is 0. The van der Waals surface area contributed by atoms with Crippen molar-refractivity contribution in [1.29, 1.82) is 0 Å². The molecule has 0 aliphatic carbocycles. The van der Waals surface area contributed by atoms with E-state index >= 15 is 0 Å². The molecule has 0 amide bonds. The molecule has 0 aromatic rings. The second-order valence-corrected chi connectivity index (χ2v) is 0.567. The second kappa shape index (κ2) is 17.6. The molecule has 5 heavy (non-hydrogen) atoms. The van der Waals surface area contributed by atoms with Crippen molar-refractivity contribution >= 4 is 62.0 Å². The zero-order chi connectivity index (χ0) is 2.71. The molecule has 0 aromatic heterocycles. The van der Waals surface area contributed by atoms with E-state index in [2.05, 4.69) is 27.2 Å². The van der Waals surface area contributed by atoms with Gasteiger partial charge in [-0.1, -0.05) is 0 Å². The third-order valence-corrected chi connectivity index (χ3v) is 0. The van der Waals surface area contributed by atoms with Crippen molar-refractivity contribution in [1.82, 2.24) is 0 Å². The van der Waals surface area contributed by atoms with E-state index in [0.29, 0.717) is 0 Å². The molecule has 0 bridgehead atoms. The van der Waals surface area contributed by atoms with Gasteiger partial charge in [-0.05, 0) is 4.83 Å². The summed E-state index contributed by atoms with van der Waals surface area (Å²) in [6, 6.07) is 0. The van der Waals surface area contributed by atoms with Crippen LogP contribution in [0.4, 0.5) is 0 Å².